The van der Waals surface area contributed by atoms with Gasteiger partial charge in [-0.1, -0.05) is 48.5 Å². The number of rotatable bonds is 6. The van der Waals surface area contributed by atoms with E-state index in [0.717, 1.165) is 27.6 Å². The zero-order valence-corrected chi connectivity index (χ0v) is 18.0. The van der Waals surface area contributed by atoms with Crippen molar-refractivity contribution in [3.05, 3.63) is 81.7 Å². The standard InChI is InChI=1S/C21H17ClFN5O2S/c1-2-13-5-3-4-6-17(13)31-20-19-26-28(21(30)27(19)10-9-24-20)12-18(29)25-16-8-7-14(22)11-15(16)23/h3-11H,2,12H2,1H3,(H,25,29). The van der Waals surface area contributed by atoms with E-state index in [-0.39, 0.29) is 17.3 Å². The third-order valence-electron chi connectivity index (χ3n) is 4.53. The van der Waals surface area contributed by atoms with Crippen molar-refractivity contribution < 1.29 is 9.18 Å². The number of anilines is 1. The maximum absolute atomic E-state index is 13.9. The highest BCUT2D eigenvalue weighted by Gasteiger charge is 2.16. The molecule has 1 amide bonds. The number of carbonyl (C=O) groups excluding carboxylic acids is 1. The molecule has 0 atom stereocenters. The Bertz CT molecular complexity index is 1340. The summed E-state index contributed by atoms with van der Waals surface area (Å²) in [7, 11) is 0. The van der Waals surface area contributed by atoms with Crippen LogP contribution in [-0.2, 0) is 17.8 Å². The summed E-state index contributed by atoms with van der Waals surface area (Å²) in [4.78, 5) is 30.5. The SMILES string of the molecule is CCc1ccccc1Sc1nccn2c(=O)n(CC(=O)Nc3ccc(Cl)cc3F)nc12. The van der Waals surface area contributed by atoms with Crippen LogP contribution >= 0.6 is 23.4 Å². The molecular formula is C21H17ClFN5O2S. The van der Waals surface area contributed by atoms with E-state index < -0.39 is 17.4 Å². The number of nitrogens with one attached hydrogen (secondary N) is 1. The van der Waals surface area contributed by atoms with Crippen LogP contribution in [0.5, 0.6) is 0 Å². The molecule has 2 aromatic heterocycles. The lowest BCUT2D eigenvalue weighted by molar-refractivity contribution is -0.117. The molecule has 4 aromatic rings. The van der Waals surface area contributed by atoms with Gasteiger partial charge in [0.25, 0.3) is 0 Å². The van der Waals surface area contributed by atoms with Gasteiger partial charge < -0.3 is 5.32 Å². The Hall–Kier alpha value is -3.17. The first-order valence-electron chi connectivity index (χ1n) is 9.41. The van der Waals surface area contributed by atoms with Gasteiger partial charge in [-0.3, -0.25) is 4.79 Å². The number of nitrogens with zero attached hydrogens (tertiary/aromatic N) is 4. The maximum Gasteiger partial charge on any atom is 0.350 e. The average molecular weight is 458 g/mol. The highest BCUT2D eigenvalue weighted by Crippen LogP contribution is 2.31. The topological polar surface area (TPSA) is 81.3 Å². The first-order chi connectivity index (χ1) is 15.0. The number of carbonyl (C=O) groups is 1. The molecule has 0 aliphatic carbocycles. The van der Waals surface area contributed by atoms with Crippen molar-refractivity contribution in [2.75, 3.05) is 5.32 Å². The van der Waals surface area contributed by atoms with E-state index in [2.05, 4.69) is 22.3 Å². The number of benzene rings is 2. The zero-order valence-electron chi connectivity index (χ0n) is 16.4. The van der Waals surface area contributed by atoms with E-state index in [1.54, 1.807) is 0 Å². The summed E-state index contributed by atoms with van der Waals surface area (Å²) < 4.78 is 16.3. The fourth-order valence-electron chi connectivity index (χ4n) is 3.02. The molecule has 158 valence electrons. The fraction of sp³-hybridized carbons (Fsp3) is 0.143. The Morgan fingerprint density at radius 3 is 2.84 bits per heavy atom. The largest absolute Gasteiger partial charge is 0.350 e. The molecule has 0 aliphatic rings. The highest BCUT2D eigenvalue weighted by molar-refractivity contribution is 7.99. The van der Waals surface area contributed by atoms with Crippen LogP contribution in [0.25, 0.3) is 5.65 Å². The number of aryl methyl sites for hydroxylation is 1. The monoisotopic (exact) mass is 457 g/mol. The van der Waals surface area contributed by atoms with Gasteiger partial charge >= 0.3 is 5.69 Å². The molecule has 4 rings (SSSR count). The van der Waals surface area contributed by atoms with E-state index >= 15 is 0 Å². The first kappa shape index (κ1) is 21.1. The van der Waals surface area contributed by atoms with Gasteiger partial charge in [-0.2, -0.15) is 0 Å². The van der Waals surface area contributed by atoms with Gasteiger partial charge in [-0.05, 0) is 36.2 Å². The molecule has 0 bridgehead atoms. The quantitative estimate of drug-likeness (QED) is 0.472. The van der Waals surface area contributed by atoms with Crippen LogP contribution in [0.2, 0.25) is 5.02 Å². The molecular weight excluding hydrogens is 441 g/mol. The van der Waals surface area contributed by atoms with Gasteiger partial charge in [-0.15, -0.1) is 5.10 Å². The van der Waals surface area contributed by atoms with Crippen molar-refractivity contribution in [1.82, 2.24) is 19.2 Å². The minimum atomic E-state index is -0.666. The van der Waals surface area contributed by atoms with Crippen LogP contribution in [0.15, 0.2) is 69.6 Å². The van der Waals surface area contributed by atoms with Crippen LogP contribution in [0.1, 0.15) is 12.5 Å². The number of halogens is 2. The van der Waals surface area contributed by atoms with Crippen molar-refractivity contribution in [2.24, 2.45) is 0 Å². The number of fused-ring (bicyclic) bond motifs is 1. The van der Waals surface area contributed by atoms with E-state index in [1.807, 2.05) is 24.3 Å². The Kier molecular flexibility index (Phi) is 6.06. The fourth-order valence-corrected chi connectivity index (χ4v) is 4.22. The number of hydrogen-bond acceptors (Lipinski definition) is 5. The lowest BCUT2D eigenvalue weighted by Gasteiger charge is -2.06. The summed E-state index contributed by atoms with van der Waals surface area (Å²) >= 11 is 7.13. The lowest BCUT2D eigenvalue weighted by atomic mass is 10.2. The second-order valence-corrected chi connectivity index (χ2v) is 8.07. The Morgan fingerprint density at radius 1 is 1.26 bits per heavy atom. The van der Waals surface area contributed by atoms with Gasteiger partial charge in [0.2, 0.25) is 5.91 Å². The summed E-state index contributed by atoms with van der Waals surface area (Å²) in [5.41, 5.74) is 0.978. The third-order valence-corrected chi connectivity index (χ3v) is 5.86. The van der Waals surface area contributed by atoms with E-state index in [0.29, 0.717) is 10.7 Å². The Morgan fingerprint density at radius 2 is 2.06 bits per heavy atom. The number of aromatic nitrogens is 4. The van der Waals surface area contributed by atoms with Crippen LogP contribution in [0, 0.1) is 5.82 Å². The van der Waals surface area contributed by atoms with E-state index in [9.17, 15) is 14.0 Å². The second-order valence-electron chi connectivity index (χ2n) is 6.60. The molecule has 0 unspecified atom stereocenters. The Balaban J connectivity index is 1.61. The minimum Gasteiger partial charge on any atom is -0.322 e. The summed E-state index contributed by atoms with van der Waals surface area (Å²) in [5.74, 6) is -1.26. The predicted octanol–water partition coefficient (Wildman–Crippen LogP) is 4.04. The molecule has 2 aromatic carbocycles. The van der Waals surface area contributed by atoms with E-state index in [1.165, 1.54) is 40.7 Å². The molecule has 0 spiro atoms. The zero-order chi connectivity index (χ0) is 22.0. The molecule has 7 nitrogen and oxygen atoms in total. The summed E-state index contributed by atoms with van der Waals surface area (Å²) in [6, 6.07) is 11.8. The summed E-state index contributed by atoms with van der Waals surface area (Å²) in [6.07, 6.45) is 3.86. The molecule has 0 saturated heterocycles. The van der Waals surface area contributed by atoms with Crippen molar-refractivity contribution in [3.63, 3.8) is 0 Å². The van der Waals surface area contributed by atoms with Crippen molar-refractivity contribution in [1.29, 1.82) is 0 Å². The first-order valence-corrected chi connectivity index (χ1v) is 10.6. The van der Waals surface area contributed by atoms with Gasteiger partial charge in [0, 0.05) is 22.3 Å². The van der Waals surface area contributed by atoms with Crippen LogP contribution in [-0.4, -0.2) is 25.1 Å². The normalized spacial score (nSPS) is 11.1. The molecule has 1 N–H and O–H groups in total. The second kappa shape index (κ2) is 8.91. The number of hydrogen-bond donors (Lipinski definition) is 1. The van der Waals surface area contributed by atoms with Crippen molar-refractivity contribution in [2.45, 2.75) is 29.8 Å². The van der Waals surface area contributed by atoms with Gasteiger partial charge in [0.15, 0.2) is 5.65 Å². The van der Waals surface area contributed by atoms with Crippen LogP contribution < -0.4 is 11.0 Å². The molecule has 10 heteroatoms. The highest BCUT2D eigenvalue weighted by atomic mass is 35.5. The maximum atomic E-state index is 13.9. The number of amides is 1. The van der Waals surface area contributed by atoms with Gasteiger partial charge in [0.05, 0.1) is 5.69 Å². The van der Waals surface area contributed by atoms with Crippen molar-refractivity contribution >= 4 is 40.6 Å². The molecule has 0 fully saturated rings. The average Bonchev–Trinajstić information content (AvgIpc) is 3.07. The van der Waals surface area contributed by atoms with Crippen LogP contribution in [0.4, 0.5) is 10.1 Å². The lowest BCUT2D eigenvalue weighted by Crippen LogP contribution is -2.28. The van der Waals surface area contributed by atoms with E-state index in [4.69, 9.17) is 11.6 Å². The van der Waals surface area contributed by atoms with Gasteiger partial charge in [0.1, 0.15) is 17.4 Å². The molecule has 31 heavy (non-hydrogen) atoms. The summed E-state index contributed by atoms with van der Waals surface area (Å²) in [6.45, 7) is 1.69. The van der Waals surface area contributed by atoms with Crippen LogP contribution in [0.3, 0.4) is 0 Å². The molecule has 0 radical (unpaired) electrons. The molecule has 0 aliphatic heterocycles. The smallest absolute Gasteiger partial charge is 0.322 e. The molecule has 2 heterocycles. The minimum absolute atomic E-state index is 0.0275. The Labute approximate surface area is 185 Å². The third kappa shape index (κ3) is 4.47. The summed E-state index contributed by atoms with van der Waals surface area (Å²) in [5, 5.41) is 7.48. The predicted molar refractivity (Wildman–Crippen MR) is 117 cm³/mol. The molecule has 0 saturated carbocycles. The van der Waals surface area contributed by atoms with Gasteiger partial charge in [-0.25, -0.2) is 23.3 Å². The van der Waals surface area contributed by atoms with Crippen molar-refractivity contribution in [3.8, 4) is 0 Å².